The molecule has 2 aromatic carbocycles. The SMILES string of the molecule is Cc1cc(NC(=O)C2CN(C(=O)OC(C)(C)C)C2)nn1Cc1cc(Cl)cc2cc(-c3ccccc3)oc12. The van der Waals surface area contributed by atoms with Crippen LogP contribution in [0.4, 0.5) is 10.6 Å². The molecule has 4 aromatic rings. The average Bonchev–Trinajstić information content (AvgIpc) is 3.35. The van der Waals surface area contributed by atoms with Crippen LogP contribution in [0.2, 0.25) is 5.02 Å². The first kappa shape index (κ1) is 24.9. The third-order valence-electron chi connectivity index (χ3n) is 6.17. The molecule has 0 bridgehead atoms. The number of benzene rings is 2. The van der Waals surface area contributed by atoms with Crippen LogP contribution in [-0.2, 0) is 16.1 Å². The maximum atomic E-state index is 12.7. The summed E-state index contributed by atoms with van der Waals surface area (Å²) in [5.41, 5.74) is 2.94. The van der Waals surface area contributed by atoms with Crippen LogP contribution in [0, 0.1) is 12.8 Å². The van der Waals surface area contributed by atoms with E-state index in [9.17, 15) is 9.59 Å². The van der Waals surface area contributed by atoms with Crippen LogP contribution in [0.25, 0.3) is 22.3 Å². The molecule has 1 N–H and O–H groups in total. The standard InChI is InChI=1S/C28H29ClN4O4/c1-17-10-24(30-26(34)21-14-32(15-21)27(35)37-28(2,3)4)31-33(17)16-20-12-22(29)11-19-13-23(36-25(19)20)18-8-6-5-7-9-18/h5-13,21H,14-16H2,1-4H3,(H,30,31,34). The van der Waals surface area contributed by atoms with Gasteiger partial charge in [0.2, 0.25) is 5.91 Å². The second-order valence-corrected chi connectivity index (χ2v) is 10.8. The van der Waals surface area contributed by atoms with Crippen molar-refractivity contribution in [2.45, 2.75) is 39.8 Å². The molecule has 1 aliphatic heterocycles. The van der Waals surface area contributed by atoms with E-state index in [2.05, 4.69) is 10.4 Å². The van der Waals surface area contributed by atoms with E-state index in [0.29, 0.717) is 30.5 Å². The molecule has 2 aromatic heterocycles. The van der Waals surface area contributed by atoms with Crippen molar-refractivity contribution in [2.75, 3.05) is 18.4 Å². The molecule has 0 aliphatic carbocycles. The molecule has 5 rings (SSSR count). The van der Waals surface area contributed by atoms with Crippen LogP contribution in [-0.4, -0.2) is 45.4 Å². The van der Waals surface area contributed by atoms with Crippen molar-refractivity contribution in [3.8, 4) is 11.3 Å². The molecule has 2 amide bonds. The molecule has 1 saturated heterocycles. The third kappa shape index (κ3) is 5.49. The van der Waals surface area contributed by atoms with Crippen LogP contribution in [0.3, 0.4) is 0 Å². The predicted octanol–water partition coefficient (Wildman–Crippen LogP) is 6.11. The highest BCUT2D eigenvalue weighted by atomic mass is 35.5. The Morgan fingerprint density at radius 1 is 1.14 bits per heavy atom. The van der Waals surface area contributed by atoms with Gasteiger partial charge in [0.15, 0.2) is 5.82 Å². The van der Waals surface area contributed by atoms with Gasteiger partial charge in [-0.05, 0) is 45.9 Å². The summed E-state index contributed by atoms with van der Waals surface area (Å²) in [6.07, 6.45) is -0.405. The monoisotopic (exact) mass is 520 g/mol. The minimum Gasteiger partial charge on any atom is -0.456 e. The Bertz CT molecular complexity index is 1460. The van der Waals surface area contributed by atoms with Gasteiger partial charge < -0.3 is 19.4 Å². The normalized spacial score (nSPS) is 14.0. The number of carbonyl (C=O) groups is 2. The molecular weight excluding hydrogens is 492 g/mol. The summed E-state index contributed by atoms with van der Waals surface area (Å²) in [5.74, 6) is 0.754. The van der Waals surface area contributed by atoms with Gasteiger partial charge in [0.1, 0.15) is 16.9 Å². The van der Waals surface area contributed by atoms with Crippen molar-refractivity contribution in [3.05, 3.63) is 70.9 Å². The van der Waals surface area contributed by atoms with Crippen molar-refractivity contribution in [2.24, 2.45) is 5.92 Å². The fourth-order valence-electron chi connectivity index (χ4n) is 4.29. The largest absolute Gasteiger partial charge is 0.456 e. The van der Waals surface area contributed by atoms with E-state index in [1.54, 1.807) is 4.68 Å². The number of rotatable bonds is 5. The minimum atomic E-state index is -0.567. The first-order chi connectivity index (χ1) is 17.6. The fourth-order valence-corrected chi connectivity index (χ4v) is 4.54. The number of hydrogen-bond acceptors (Lipinski definition) is 5. The zero-order valence-electron chi connectivity index (χ0n) is 21.2. The van der Waals surface area contributed by atoms with Gasteiger partial charge in [-0.25, -0.2) is 4.79 Å². The number of hydrogen-bond donors (Lipinski definition) is 1. The van der Waals surface area contributed by atoms with E-state index in [1.807, 2.05) is 82.3 Å². The number of likely N-dealkylation sites (tertiary alicyclic amines) is 1. The maximum Gasteiger partial charge on any atom is 0.410 e. The number of nitrogens with one attached hydrogen (secondary N) is 1. The number of nitrogens with zero attached hydrogens (tertiary/aromatic N) is 3. The Labute approximate surface area is 220 Å². The Hall–Kier alpha value is -3.78. The van der Waals surface area contributed by atoms with Crippen LogP contribution in [0.15, 0.2) is 59.0 Å². The second kappa shape index (κ2) is 9.59. The van der Waals surface area contributed by atoms with Crippen molar-refractivity contribution in [1.82, 2.24) is 14.7 Å². The lowest BCUT2D eigenvalue weighted by Gasteiger charge is -2.38. The summed E-state index contributed by atoms with van der Waals surface area (Å²) < 4.78 is 13.4. The predicted molar refractivity (Wildman–Crippen MR) is 143 cm³/mol. The first-order valence-corrected chi connectivity index (χ1v) is 12.5. The van der Waals surface area contributed by atoms with Gasteiger partial charge in [0.05, 0.1) is 12.5 Å². The number of furan rings is 1. The molecule has 0 spiro atoms. The summed E-state index contributed by atoms with van der Waals surface area (Å²) in [5, 5.41) is 8.99. The Morgan fingerprint density at radius 3 is 2.57 bits per heavy atom. The summed E-state index contributed by atoms with van der Waals surface area (Å²) >= 11 is 6.42. The van der Waals surface area contributed by atoms with E-state index in [-0.39, 0.29) is 11.8 Å². The number of aromatic nitrogens is 2. The van der Waals surface area contributed by atoms with Gasteiger partial charge in [-0.15, -0.1) is 0 Å². The fraction of sp³-hybridized carbons (Fsp3) is 0.321. The minimum absolute atomic E-state index is 0.173. The summed E-state index contributed by atoms with van der Waals surface area (Å²) in [4.78, 5) is 26.4. The summed E-state index contributed by atoms with van der Waals surface area (Å²) in [6.45, 7) is 8.44. The van der Waals surface area contributed by atoms with Gasteiger partial charge in [-0.2, -0.15) is 5.10 Å². The van der Waals surface area contributed by atoms with Gasteiger partial charge in [-0.3, -0.25) is 9.48 Å². The quantitative estimate of drug-likeness (QED) is 0.343. The van der Waals surface area contributed by atoms with E-state index < -0.39 is 11.7 Å². The van der Waals surface area contributed by atoms with Gasteiger partial charge in [0, 0.05) is 46.4 Å². The molecule has 192 valence electrons. The first-order valence-electron chi connectivity index (χ1n) is 12.2. The van der Waals surface area contributed by atoms with Crippen LogP contribution >= 0.6 is 11.6 Å². The molecule has 0 atom stereocenters. The topological polar surface area (TPSA) is 89.6 Å². The number of anilines is 1. The van der Waals surface area contributed by atoms with Crippen molar-refractivity contribution < 1.29 is 18.7 Å². The van der Waals surface area contributed by atoms with Crippen LogP contribution in [0.1, 0.15) is 32.0 Å². The summed E-state index contributed by atoms with van der Waals surface area (Å²) in [7, 11) is 0. The maximum absolute atomic E-state index is 12.7. The molecule has 37 heavy (non-hydrogen) atoms. The van der Waals surface area contributed by atoms with Crippen molar-refractivity contribution in [3.63, 3.8) is 0 Å². The third-order valence-corrected chi connectivity index (χ3v) is 6.39. The molecule has 3 heterocycles. The van der Waals surface area contributed by atoms with Crippen molar-refractivity contribution in [1.29, 1.82) is 0 Å². The number of aryl methyl sites for hydroxylation is 1. The van der Waals surface area contributed by atoms with Crippen molar-refractivity contribution >= 4 is 40.4 Å². The number of ether oxygens (including phenoxy) is 1. The number of halogens is 1. The highest BCUT2D eigenvalue weighted by molar-refractivity contribution is 6.31. The zero-order chi connectivity index (χ0) is 26.3. The Morgan fingerprint density at radius 2 is 1.86 bits per heavy atom. The molecule has 0 unspecified atom stereocenters. The highest BCUT2D eigenvalue weighted by Crippen LogP contribution is 2.33. The lowest BCUT2D eigenvalue weighted by molar-refractivity contribution is -0.124. The van der Waals surface area contributed by atoms with E-state index >= 15 is 0 Å². The summed E-state index contributed by atoms with van der Waals surface area (Å²) in [6, 6.07) is 17.5. The van der Waals surface area contributed by atoms with Crippen LogP contribution in [0.5, 0.6) is 0 Å². The second-order valence-electron chi connectivity index (χ2n) is 10.4. The molecule has 1 aliphatic rings. The van der Waals surface area contributed by atoms with Gasteiger partial charge >= 0.3 is 6.09 Å². The zero-order valence-corrected chi connectivity index (χ0v) is 22.0. The molecule has 0 radical (unpaired) electrons. The molecule has 9 heteroatoms. The number of carbonyl (C=O) groups excluding carboxylic acids is 2. The van der Waals surface area contributed by atoms with E-state index in [1.165, 1.54) is 4.90 Å². The van der Waals surface area contributed by atoms with E-state index in [4.69, 9.17) is 20.8 Å². The van der Waals surface area contributed by atoms with Gasteiger partial charge in [0.25, 0.3) is 0 Å². The molecule has 0 saturated carbocycles. The number of fused-ring (bicyclic) bond motifs is 1. The van der Waals surface area contributed by atoms with E-state index in [0.717, 1.165) is 33.6 Å². The lowest BCUT2D eigenvalue weighted by Crippen LogP contribution is -2.55. The molecule has 1 fully saturated rings. The molecule has 8 nitrogen and oxygen atoms in total. The highest BCUT2D eigenvalue weighted by Gasteiger charge is 2.38. The molecular formula is C28H29ClN4O4. The smallest absolute Gasteiger partial charge is 0.410 e. The lowest BCUT2D eigenvalue weighted by atomic mass is 10.00. The average molecular weight is 521 g/mol. The number of amides is 2. The Kier molecular flexibility index (Phi) is 6.45. The Balaban J connectivity index is 1.28. The van der Waals surface area contributed by atoms with Gasteiger partial charge in [-0.1, -0.05) is 41.9 Å². The van der Waals surface area contributed by atoms with Crippen LogP contribution < -0.4 is 5.32 Å².